The van der Waals surface area contributed by atoms with E-state index in [1.165, 1.54) is 18.6 Å². The summed E-state index contributed by atoms with van der Waals surface area (Å²) in [6, 6.07) is 6.43. The fraction of sp³-hybridized carbons (Fsp3) is 0.533. The molecule has 4 heteroatoms. The fourth-order valence-corrected chi connectivity index (χ4v) is 2.33. The Morgan fingerprint density at radius 1 is 1.16 bits per heavy atom. The van der Waals surface area contributed by atoms with Crippen LogP contribution in [0.25, 0.3) is 0 Å². The second-order valence-corrected chi connectivity index (χ2v) is 4.99. The molecule has 104 valence electrons. The highest BCUT2D eigenvalue weighted by atomic mass is 19.1. The van der Waals surface area contributed by atoms with Gasteiger partial charge in [0.05, 0.1) is 0 Å². The second-order valence-electron chi connectivity index (χ2n) is 4.99. The van der Waals surface area contributed by atoms with Crippen molar-refractivity contribution >= 4 is 5.91 Å². The minimum absolute atomic E-state index is 0.218. The lowest BCUT2D eigenvalue weighted by Crippen LogP contribution is -2.37. The van der Waals surface area contributed by atoms with Gasteiger partial charge in [-0.15, -0.1) is 0 Å². The Labute approximate surface area is 113 Å². The topological polar surface area (TPSA) is 32.3 Å². The Balaban J connectivity index is 1.63. The molecule has 1 aliphatic rings. The van der Waals surface area contributed by atoms with Gasteiger partial charge in [0.25, 0.3) is 0 Å². The average Bonchev–Trinajstić information content (AvgIpc) is 2.46. The van der Waals surface area contributed by atoms with Crippen LogP contribution in [-0.4, -0.2) is 30.4 Å². The van der Waals surface area contributed by atoms with Crippen molar-refractivity contribution in [3.05, 3.63) is 35.6 Å². The minimum atomic E-state index is -0.218. The molecule has 19 heavy (non-hydrogen) atoms. The maximum absolute atomic E-state index is 12.7. The summed E-state index contributed by atoms with van der Waals surface area (Å²) >= 11 is 0. The molecule has 2 rings (SSSR count). The van der Waals surface area contributed by atoms with Gasteiger partial charge in [-0.25, -0.2) is 4.39 Å². The number of halogens is 1. The number of carbonyl (C=O) groups is 1. The first-order valence-corrected chi connectivity index (χ1v) is 6.98. The number of carbonyl (C=O) groups excluding carboxylic acids is 1. The summed E-state index contributed by atoms with van der Waals surface area (Å²) in [5, 5.41) is 3.22. The SMILES string of the molecule is O=C(CCNCc1ccc(F)cc1)N1CCCCC1. The third-order valence-corrected chi connectivity index (χ3v) is 3.47. The molecule has 0 aromatic heterocycles. The number of benzene rings is 1. The standard InChI is InChI=1S/C15H21FN2O/c16-14-6-4-13(5-7-14)12-17-9-8-15(19)18-10-2-1-3-11-18/h4-7,17H,1-3,8-12H2. The molecule has 0 bridgehead atoms. The van der Waals surface area contributed by atoms with Crippen LogP contribution in [0.2, 0.25) is 0 Å². The molecule has 1 N–H and O–H groups in total. The van der Waals surface area contributed by atoms with Gasteiger partial charge in [0.2, 0.25) is 5.91 Å². The van der Waals surface area contributed by atoms with Gasteiger partial charge in [0.1, 0.15) is 5.82 Å². The van der Waals surface area contributed by atoms with E-state index in [0.29, 0.717) is 19.5 Å². The monoisotopic (exact) mass is 264 g/mol. The second kappa shape index (κ2) is 7.24. The Morgan fingerprint density at radius 2 is 1.84 bits per heavy atom. The van der Waals surface area contributed by atoms with Crippen molar-refractivity contribution in [3.63, 3.8) is 0 Å². The highest BCUT2D eigenvalue weighted by Crippen LogP contribution is 2.09. The summed E-state index contributed by atoms with van der Waals surface area (Å²) in [7, 11) is 0. The van der Waals surface area contributed by atoms with E-state index < -0.39 is 0 Å². The largest absolute Gasteiger partial charge is 0.343 e. The van der Waals surface area contributed by atoms with Crippen LogP contribution in [0.1, 0.15) is 31.2 Å². The van der Waals surface area contributed by atoms with Crippen LogP contribution in [0.3, 0.4) is 0 Å². The van der Waals surface area contributed by atoms with Gasteiger partial charge in [-0.3, -0.25) is 4.79 Å². The molecule has 0 unspecified atom stereocenters. The fourth-order valence-electron chi connectivity index (χ4n) is 2.33. The first kappa shape index (κ1) is 14.0. The van der Waals surface area contributed by atoms with Gasteiger partial charge < -0.3 is 10.2 Å². The van der Waals surface area contributed by atoms with Crippen molar-refractivity contribution < 1.29 is 9.18 Å². The van der Waals surface area contributed by atoms with Crippen LogP contribution in [0, 0.1) is 5.82 Å². The van der Waals surface area contributed by atoms with Crippen molar-refractivity contribution in [3.8, 4) is 0 Å². The third-order valence-electron chi connectivity index (χ3n) is 3.47. The first-order valence-electron chi connectivity index (χ1n) is 6.98. The summed E-state index contributed by atoms with van der Waals surface area (Å²) in [6.07, 6.45) is 4.05. The van der Waals surface area contributed by atoms with E-state index in [1.54, 1.807) is 12.1 Å². The molecule has 1 heterocycles. The molecule has 1 aromatic carbocycles. The van der Waals surface area contributed by atoms with E-state index in [1.807, 2.05) is 4.90 Å². The highest BCUT2D eigenvalue weighted by molar-refractivity contribution is 5.76. The third kappa shape index (κ3) is 4.63. The summed E-state index contributed by atoms with van der Waals surface area (Å²) in [5.41, 5.74) is 1.03. The minimum Gasteiger partial charge on any atom is -0.343 e. The van der Waals surface area contributed by atoms with E-state index in [0.717, 1.165) is 31.5 Å². The summed E-state index contributed by atoms with van der Waals surface area (Å²) < 4.78 is 12.7. The number of piperidine rings is 1. The summed E-state index contributed by atoms with van der Waals surface area (Å²) in [6.45, 7) is 3.17. The molecule has 1 saturated heterocycles. The van der Waals surface area contributed by atoms with Crippen LogP contribution < -0.4 is 5.32 Å². The number of nitrogens with zero attached hydrogens (tertiary/aromatic N) is 1. The average molecular weight is 264 g/mol. The molecule has 3 nitrogen and oxygen atoms in total. The van der Waals surface area contributed by atoms with Gasteiger partial charge in [0, 0.05) is 32.6 Å². The van der Waals surface area contributed by atoms with Crippen molar-refractivity contribution in [2.75, 3.05) is 19.6 Å². The van der Waals surface area contributed by atoms with Crippen LogP contribution in [0.4, 0.5) is 4.39 Å². The predicted octanol–water partition coefficient (Wildman–Crippen LogP) is 2.32. The van der Waals surface area contributed by atoms with E-state index in [2.05, 4.69) is 5.32 Å². The van der Waals surface area contributed by atoms with Crippen LogP contribution in [0.5, 0.6) is 0 Å². The van der Waals surface area contributed by atoms with Gasteiger partial charge >= 0.3 is 0 Å². The number of rotatable bonds is 5. The number of likely N-dealkylation sites (tertiary alicyclic amines) is 1. The smallest absolute Gasteiger partial charge is 0.223 e. The van der Waals surface area contributed by atoms with Crippen LogP contribution >= 0.6 is 0 Å². The summed E-state index contributed by atoms with van der Waals surface area (Å²) in [4.78, 5) is 13.9. The highest BCUT2D eigenvalue weighted by Gasteiger charge is 2.15. The van der Waals surface area contributed by atoms with Gasteiger partial charge in [-0.1, -0.05) is 12.1 Å². The zero-order chi connectivity index (χ0) is 13.5. The van der Waals surface area contributed by atoms with Crippen molar-refractivity contribution in [1.29, 1.82) is 0 Å². The van der Waals surface area contributed by atoms with Crippen molar-refractivity contribution in [1.82, 2.24) is 10.2 Å². The van der Waals surface area contributed by atoms with Gasteiger partial charge in [0.15, 0.2) is 0 Å². The maximum atomic E-state index is 12.7. The summed E-state index contributed by atoms with van der Waals surface area (Å²) in [5.74, 6) is 0.0235. The Kier molecular flexibility index (Phi) is 5.33. The number of hydrogen-bond donors (Lipinski definition) is 1. The molecule has 0 atom stereocenters. The molecule has 1 aliphatic heterocycles. The lowest BCUT2D eigenvalue weighted by molar-refractivity contribution is -0.131. The van der Waals surface area contributed by atoms with Crippen molar-refractivity contribution in [2.24, 2.45) is 0 Å². The quantitative estimate of drug-likeness (QED) is 0.828. The molecule has 1 aromatic rings. The Hall–Kier alpha value is -1.42. The molecule has 0 aliphatic carbocycles. The van der Waals surface area contributed by atoms with Crippen molar-refractivity contribution in [2.45, 2.75) is 32.2 Å². The van der Waals surface area contributed by atoms with Crippen LogP contribution in [-0.2, 0) is 11.3 Å². The zero-order valence-electron chi connectivity index (χ0n) is 11.2. The lowest BCUT2D eigenvalue weighted by atomic mass is 10.1. The molecular weight excluding hydrogens is 243 g/mol. The maximum Gasteiger partial charge on any atom is 0.223 e. The van der Waals surface area contributed by atoms with Crippen LogP contribution in [0.15, 0.2) is 24.3 Å². The molecule has 1 amide bonds. The lowest BCUT2D eigenvalue weighted by Gasteiger charge is -2.26. The predicted molar refractivity (Wildman–Crippen MR) is 73.2 cm³/mol. The first-order chi connectivity index (χ1) is 9.25. The van der Waals surface area contributed by atoms with E-state index >= 15 is 0 Å². The Bertz CT molecular complexity index is 399. The Morgan fingerprint density at radius 3 is 2.53 bits per heavy atom. The normalized spacial score (nSPS) is 15.5. The molecule has 0 radical (unpaired) electrons. The number of amides is 1. The van der Waals surface area contributed by atoms with Gasteiger partial charge in [-0.2, -0.15) is 0 Å². The van der Waals surface area contributed by atoms with E-state index in [9.17, 15) is 9.18 Å². The molecule has 1 fully saturated rings. The van der Waals surface area contributed by atoms with Gasteiger partial charge in [-0.05, 0) is 37.0 Å². The molecule has 0 saturated carbocycles. The molecule has 0 spiro atoms. The zero-order valence-corrected chi connectivity index (χ0v) is 11.2. The number of nitrogens with one attached hydrogen (secondary N) is 1. The van der Waals surface area contributed by atoms with E-state index in [4.69, 9.17) is 0 Å². The molecular formula is C15H21FN2O. The number of hydrogen-bond acceptors (Lipinski definition) is 2. The van der Waals surface area contributed by atoms with E-state index in [-0.39, 0.29) is 11.7 Å².